The fourth-order valence-electron chi connectivity index (χ4n) is 1.47. The van der Waals surface area contributed by atoms with E-state index < -0.39 is 0 Å². The third-order valence-electron chi connectivity index (χ3n) is 1.80. The number of hydrogen-bond donors (Lipinski definition) is 2. The van der Waals surface area contributed by atoms with Gasteiger partial charge in [0.25, 0.3) is 0 Å². The van der Waals surface area contributed by atoms with E-state index in [4.69, 9.17) is 5.11 Å². The standard InChI is InChI=1S/C10H23NO/c1-8(2)7-10(5-6-12)11-9(3)4/h8-12H,5-7H2,1-4H3. The Kier molecular flexibility index (Phi) is 6.39. The summed E-state index contributed by atoms with van der Waals surface area (Å²) in [6.07, 6.45) is 2.02. The molecule has 74 valence electrons. The van der Waals surface area contributed by atoms with Crippen LogP contribution in [0.3, 0.4) is 0 Å². The van der Waals surface area contributed by atoms with Crippen LogP contribution in [0, 0.1) is 5.92 Å². The van der Waals surface area contributed by atoms with E-state index >= 15 is 0 Å². The summed E-state index contributed by atoms with van der Waals surface area (Å²) >= 11 is 0. The molecule has 0 radical (unpaired) electrons. The molecule has 1 unspecified atom stereocenters. The molecule has 0 aliphatic rings. The van der Waals surface area contributed by atoms with Crippen LogP contribution in [-0.2, 0) is 0 Å². The van der Waals surface area contributed by atoms with Gasteiger partial charge in [-0.25, -0.2) is 0 Å². The normalized spacial score (nSPS) is 14.2. The van der Waals surface area contributed by atoms with Crippen LogP contribution in [0.5, 0.6) is 0 Å². The Morgan fingerprint density at radius 3 is 2.08 bits per heavy atom. The van der Waals surface area contributed by atoms with Crippen molar-refractivity contribution < 1.29 is 5.11 Å². The van der Waals surface area contributed by atoms with E-state index in [1.54, 1.807) is 0 Å². The largest absolute Gasteiger partial charge is 0.396 e. The van der Waals surface area contributed by atoms with Crippen molar-refractivity contribution in [3.8, 4) is 0 Å². The summed E-state index contributed by atoms with van der Waals surface area (Å²) in [5, 5.41) is 12.3. The molecule has 0 aromatic heterocycles. The number of aliphatic hydroxyl groups is 1. The van der Waals surface area contributed by atoms with Gasteiger partial charge in [-0.05, 0) is 18.8 Å². The third kappa shape index (κ3) is 6.62. The quantitative estimate of drug-likeness (QED) is 0.641. The smallest absolute Gasteiger partial charge is 0.0445 e. The molecule has 0 saturated heterocycles. The van der Waals surface area contributed by atoms with Crippen molar-refractivity contribution in [2.24, 2.45) is 5.92 Å². The van der Waals surface area contributed by atoms with Crippen LogP contribution in [0.15, 0.2) is 0 Å². The van der Waals surface area contributed by atoms with E-state index in [1.165, 1.54) is 0 Å². The van der Waals surface area contributed by atoms with Crippen molar-refractivity contribution in [2.75, 3.05) is 6.61 Å². The van der Waals surface area contributed by atoms with E-state index in [2.05, 4.69) is 33.0 Å². The molecule has 2 heteroatoms. The highest BCUT2D eigenvalue weighted by molar-refractivity contribution is 4.70. The van der Waals surface area contributed by atoms with Crippen LogP contribution in [0.25, 0.3) is 0 Å². The zero-order valence-electron chi connectivity index (χ0n) is 8.80. The number of aliphatic hydroxyl groups excluding tert-OH is 1. The molecule has 0 heterocycles. The molecule has 2 nitrogen and oxygen atoms in total. The Hall–Kier alpha value is -0.0800. The van der Waals surface area contributed by atoms with Gasteiger partial charge in [-0.1, -0.05) is 27.7 Å². The van der Waals surface area contributed by atoms with Crippen molar-refractivity contribution in [3.05, 3.63) is 0 Å². The second-order valence-corrected chi connectivity index (χ2v) is 4.16. The molecule has 0 amide bonds. The summed E-state index contributed by atoms with van der Waals surface area (Å²) in [4.78, 5) is 0. The molecule has 0 bridgehead atoms. The molecule has 0 saturated carbocycles. The second-order valence-electron chi connectivity index (χ2n) is 4.16. The SMILES string of the molecule is CC(C)CC(CCO)NC(C)C. The van der Waals surface area contributed by atoms with Gasteiger partial charge < -0.3 is 10.4 Å². The van der Waals surface area contributed by atoms with E-state index in [-0.39, 0.29) is 6.61 Å². The average Bonchev–Trinajstić information content (AvgIpc) is 1.84. The van der Waals surface area contributed by atoms with E-state index in [0.717, 1.165) is 12.8 Å². The Bertz CT molecular complexity index is 92.0. The minimum Gasteiger partial charge on any atom is -0.396 e. The lowest BCUT2D eigenvalue weighted by atomic mass is 10.0. The van der Waals surface area contributed by atoms with Crippen molar-refractivity contribution >= 4 is 0 Å². The van der Waals surface area contributed by atoms with Gasteiger partial charge in [0.1, 0.15) is 0 Å². The van der Waals surface area contributed by atoms with E-state index in [0.29, 0.717) is 18.0 Å². The molecule has 0 aliphatic heterocycles. The maximum atomic E-state index is 8.82. The third-order valence-corrected chi connectivity index (χ3v) is 1.80. The van der Waals surface area contributed by atoms with E-state index in [9.17, 15) is 0 Å². The highest BCUT2D eigenvalue weighted by atomic mass is 16.3. The number of rotatable bonds is 6. The molecule has 0 aromatic rings. The van der Waals surface area contributed by atoms with Gasteiger partial charge in [0.2, 0.25) is 0 Å². The lowest BCUT2D eigenvalue weighted by Gasteiger charge is -2.22. The summed E-state index contributed by atoms with van der Waals surface area (Å²) in [6.45, 7) is 9.01. The number of nitrogens with one attached hydrogen (secondary N) is 1. The molecule has 0 rings (SSSR count). The summed E-state index contributed by atoms with van der Waals surface area (Å²) in [5.41, 5.74) is 0. The fraction of sp³-hybridized carbons (Fsp3) is 1.00. The molecule has 2 N–H and O–H groups in total. The van der Waals surface area contributed by atoms with Gasteiger partial charge in [0.05, 0.1) is 0 Å². The van der Waals surface area contributed by atoms with Crippen LogP contribution < -0.4 is 5.32 Å². The average molecular weight is 173 g/mol. The predicted molar refractivity (Wildman–Crippen MR) is 53.2 cm³/mol. The summed E-state index contributed by atoms with van der Waals surface area (Å²) in [5.74, 6) is 0.702. The highest BCUT2D eigenvalue weighted by Gasteiger charge is 2.10. The monoisotopic (exact) mass is 173 g/mol. The molecule has 1 atom stereocenters. The molecule has 0 spiro atoms. The Labute approximate surface area is 76.4 Å². The van der Waals surface area contributed by atoms with Crippen molar-refractivity contribution in [2.45, 2.75) is 52.6 Å². The highest BCUT2D eigenvalue weighted by Crippen LogP contribution is 2.08. The van der Waals surface area contributed by atoms with Gasteiger partial charge in [-0.2, -0.15) is 0 Å². The van der Waals surface area contributed by atoms with Crippen LogP contribution in [0.4, 0.5) is 0 Å². The molecular formula is C10H23NO. The maximum Gasteiger partial charge on any atom is 0.0445 e. The number of hydrogen-bond acceptors (Lipinski definition) is 2. The van der Waals surface area contributed by atoms with Crippen molar-refractivity contribution in [1.82, 2.24) is 5.32 Å². The predicted octanol–water partition coefficient (Wildman–Crippen LogP) is 1.78. The Morgan fingerprint density at radius 2 is 1.75 bits per heavy atom. The first kappa shape index (κ1) is 11.9. The Balaban J connectivity index is 3.69. The summed E-state index contributed by atoms with van der Waals surface area (Å²) in [6, 6.07) is 0.996. The zero-order valence-corrected chi connectivity index (χ0v) is 8.80. The van der Waals surface area contributed by atoms with Gasteiger partial charge in [-0.3, -0.25) is 0 Å². The van der Waals surface area contributed by atoms with Gasteiger partial charge in [-0.15, -0.1) is 0 Å². The van der Waals surface area contributed by atoms with Crippen LogP contribution >= 0.6 is 0 Å². The van der Waals surface area contributed by atoms with Gasteiger partial charge >= 0.3 is 0 Å². The van der Waals surface area contributed by atoms with Crippen molar-refractivity contribution in [3.63, 3.8) is 0 Å². The fourth-order valence-corrected chi connectivity index (χ4v) is 1.47. The Morgan fingerprint density at radius 1 is 1.17 bits per heavy atom. The topological polar surface area (TPSA) is 32.3 Å². The zero-order chi connectivity index (χ0) is 9.56. The first-order valence-corrected chi connectivity index (χ1v) is 4.93. The second kappa shape index (κ2) is 6.44. The molecule has 12 heavy (non-hydrogen) atoms. The maximum absolute atomic E-state index is 8.82. The summed E-state index contributed by atoms with van der Waals surface area (Å²) in [7, 11) is 0. The molecule has 0 aliphatic carbocycles. The lowest BCUT2D eigenvalue weighted by molar-refractivity contribution is 0.248. The van der Waals surface area contributed by atoms with Crippen molar-refractivity contribution in [1.29, 1.82) is 0 Å². The minimum absolute atomic E-state index is 0.289. The lowest BCUT2D eigenvalue weighted by Crippen LogP contribution is -2.36. The van der Waals surface area contributed by atoms with Crippen LogP contribution in [-0.4, -0.2) is 23.8 Å². The molecule has 0 fully saturated rings. The van der Waals surface area contributed by atoms with Gasteiger partial charge in [0, 0.05) is 18.7 Å². The molecular weight excluding hydrogens is 150 g/mol. The summed E-state index contributed by atoms with van der Waals surface area (Å²) < 4.78 is 0. The first-order valence-electron chi connectivity index (χ1n) is 4.93. The van der Waals surface area contributed by atoms with Crippen LogP contribution in [0.2, 0.25) is 0 Å². The minimum atomic E-state index is 0.289. The first-order chi connectivity index (χ1) is 5.56. The van der Waals surface area contributed by atoms with Crippen LogP contribution in [0.1, 0.15) is 40.5 Å². The van der Waals surface area contributed by atoms with Gasteiger partial charge in [0.15, 0.2) is 0 Å². The van der Waals surface area contributed by atoms with E-state index in [1.807, 2.05) is 0 Å². The molecule has 0 aromatic carbocycles.